The molecule has 120 valence electrons. The number of ether oxygens (including phenoxy) is 1. The van der Waals surface area contributed by atoms with E-state index in [4.69, 9.17) is 4.74 Å². The van der Waals surface area contributed by atoms with Crippen molar-refractivity contribution in [1.82, 2.24) is 14.9 Å². The van der Waals surface area contributed by atoms with Gasteiger partial charge in [0, 0.05) is 6.20 Å². The van der Waals surface area contributed by atoms with Crippen LogP contribution < -0.4 is 4.74 Å². The Morgan fingerprint density at radius 2 is 1.79 bits per heavy atom. The Balaban J connectivity index is 1.31. The molecule has 1 N–H and O–H groups in total. The van der Waals surface area contributed by atoms with Gasteiger partial charge in [-0.1, -0.05) is 42.5 Å². The van der Waals surface area contributed by atoms with Crippen LogP contribution in [-0.2, 0) is 6.54 Å². The number of imidazole rings is 1. The van der Waals surface area contributed by atoms with Gasteiger partial charge < -0.3 is 14.6 Å². The lowest BCUT2D eigenvalue weighted by Gasteiger charge is -2.22. The molecule has 0 unspecified atom stereocenters. The van der Waals surface area contributed by atoms with E-state index in [1.807, 2.05) is 24.3 Å². The summed E-state index contributed by atoms with van der Waals surface area (Å²) in [5, 5.41) is 0. The first-order chi connectivity index (χ1) is 11.9. The van der Waals surface area contributed by atoms with Gasteiger partial charge in [0.2, 0.25) is 0 Å². The van der Waals surface area contributed by atoms with Gasteiger partial charge >= 0.3 is 0 Å². The Hall–Kier alpha value is -3.01. The fourth-order valence-corrected chi connectivity index (χ4v) is 2.84. The first kappa shape index (κ1) is 14.6. The summed E-state index contributed by atoms with van der Waals surface area (Å²) >= 11 is 0. The van der Waals surface area contributed by atoms with E-state index in [9.17, 15) is 0 Å². The molecule has 1 aliphatic heterocycles. The molecule has 0 aliphatic carbocycles. The summed E-state index contributed by atoms with van der Waals surface area (Å²) in [7, 11) is 0. The highest BCUT2D eigenvalue weighted by atomic mass is 16.5. The Bertz CT molecular complexity index is 822. The van der Waals surface area contributed by atoms with Crippen LogP contribution in [0.2, 0.25) is 0 Å². The maximum absolute atomic E-state index is 5.87. The van der Waals surface area contributed by atoms with Gasteiger partial charge in [0.25, 0.3) is 0 Å². The molecule has 3 aromatic rings. The average molecular weight is 317 g/mol. The van der Waals surface area contributed by atoms with Crippen LogP contribution in [0.1, 0.15) is 11.4 Å². The number of aromatic amines is 1. The van der Waals surface area contributed by atoms with E-state index in [-0.39, 0.29) is 0 Å². The summed E-state index contributed by atoms with van der Waals surface area (Å²) in [4.78, 5) is 9.65. The van der Waals surface area contributed by atoms with Crippen molar-refractivity contribution < 1.29 is 4.74 Å². The first-order valence-electron chi connectivity index (χ1n) is 8.11. The number of hydrogen-bond donors (Lipinski definition) is 1. The predicted molar refractivity (Wildman–Crippen MR) is 95.4 cm³/mol. The summed E-state index contributed by atoms with van der Waals surface area (Å²) in [5.41, 5.74) is 4.61. The van der Waals surface area contributed by atoms with Gasteiger partial charge in [-0.2, -0.15) is 0 Å². The van der Waals surface area contributed by atoms with Gasteiger partial charge in [0.05, 0.1) is 30.8 Å². The molecule has 0 saturated heterocycles. The summed E-state index contributed by atoms with van der Waals surface area (Å²) in [6.45, 7) is 2.34. The monoisotopic (exact) mass is 317 g/mol. The fourth-order valence-electron chi connectivity index (χ4n) is 2.84. The van der Waals surface area contributed by atoms with E-state index in [2.05, 4.69) is 57.5 Å². The highest BCUT2D eigenvalue weighted by molar-refractivity contribution is 5.63. The summed E-state index contributed by atoms with van der Waals surface area (Å²) < 4.78 is 5.87. The molecule has 0 atom stereocenters. The molecule has 0 bridgehead atoms. The Kier molecular flexibility index (Phi) is 4.02. The van der Waals surface area contributed by atoms with E-state index in [1.165, 1.54) is 11.1 Å². The number of nitrogens with zero attached hydrogens (tertiary/aromatic N) is 2. The van der Waals surface area contributed by atoms with Crippen molar-refractivity contribution in [2.24, 2.45) is 0 Å². The van der Waals surface area contributed by atoms with Crippen molar-refractivity contribution in [2.45, 2.75) is 6.54 Å². The van der Waals surface area contributed by atoms with Crippen molar-refractivity contribution in [3.8, 4) is 16.9 Å². The van der Waals surface area contributed by atoms with Gasteiger partial charge in [-0.15, -0.1) is 0 Å². The molecule has 0 amide bonds. The zero-order chi connectivity index (χ0) is 16.2. The molecule has 4 nitrogen and oxygen atoms in total. The lowest BCUT2D eigenvalue weighted by molar-refractivity contribution is 0.248. The second kappa shape index (κ2) is 6.62. The zero-order valence-electron chi connectivity index (χ0n) is 13.4. The third kappa shape index (κ3) is 3.18. The maximum Gasteiger partial charge on any atom is 0.119 e. The van der Waals surface area contributed by atoms with E-state index in [0.717, 1.165) is 30.2 Å². The van der Waals surface area contributed by atoms with Crippen molar-refractivity contribution >= 4 is 6.08 Å². The quantitative estimate of drug-likeness (QED) is 0.775. The molecule has 4 heteroatoms. The predicted octanol–water partition coefficient (Wildman–Crippen LogP) is 3.94. The van der Waals surface area contributed by atoms with Gasteiger partial charge in [0.15, 0.2) is 0 Å². The van der Waals surface area contributed by atoms with Gasteiger partial charge in [0.1, 0.15) is 12.4 Å². The van der Waals surface area contributed by atoms with Crippen LogP contribution in [-0.4, -0.2) is 28.0 Å². The standard InChI is InChI=1S/C20H19N3O/c1-2-4-16(5-3-1)17-6-8-18(9-7-17)24-13-12-23-11-10-19-20(14-23)22-15-21-19/h1-11,15H,12-14H2,(H,21,22). The number of fused-ring (bicyclic) bond motifs is 1. The third-order valence-corrected chi connectivity index (χ3v) is 4.16. The number of nitrogens with one attached hydrogen (secondary N) is 1. The SMILES string of the molecule is C1=CN(CCOc2ccc(-c3ccccc3)cc2)Cc2[nH]cnc21. The van der Waals surface area contributed by atoms with Crippen LogP contribution in [0, 0.1) is 0 Å². The Labute approximate surface area is 141 Å². The Morgan fingerprint density at radius 1 is 1.00 bits per heavy atom. The first-order valence-corrected chi connectivity index (χ1v) is 8.11. The molecule has 1 aromatic heterocycles. The molecule has 2 aromatic carbocycles. The Morgan fingerprint density at radius 3 is 2.62 bits per heavy atom. The number of aromatic nitrogens is 2. The molecule has 2 heterocycles. The van der Waals surface area contributed by atoms with Crippen LogP contribution in [0.4, 0.5) is 0 Å². The molecule has 0 radical (unpaired) electrons. The van der Waals surface area contributed by atoms with Gasteiger partial charge in [-0.3, -0.25) is 0 Å². The second-order valence-corrected chi connectivity index (χ2v) is 5.79. The molecule has 24 heavy (non-hydrogen) atoms. The van der Waals surface area contributed by atoms with E-state index in [1.54, 1.807) is 6.33 Å². The lowest BCUT2D eigenvalue weighted by Crippen LogP contribution is -2.25. The summed E-state index contributed by atoms with van der Waals surface area (Å²) in [6.07, 6.45) is 5.85. The minimum absolute atomic E-state index is 0.651. The smallest absolute Gasteiger partial charge is 0.119 e. The minimum atomic E-state index is 0.651. The van der Waals surface area contributed by atoms with Crippen LogP contribution in [0.3, 0.4) is 0 Å². The lowest BCUT2D eigenvalue weighted by atomic mass is 10.1. The number of H-pyrrole nitrogens is 1. The third-order valence-electron chi connectivity index (χ3n) is 4.16. The van der Waals surface area contributed by atoms with Crippen LogP contribution in [0.25, 0.3) is 17.2 Å². The molecule has 0 saturated carbocycles. The molecule has 0 fully saturated rings. The summed E-state index contributed by atoms with van der Waals surface area (Å²) in [6, 6.07) is 18.6. The molecular weight excluding hydrogens is 298 g/mol. The van der Waals surface area contributed by atoms with Crippen molar-refractivity contribution in [3.63, 3.8) is 0 Å². The number of hydrogen-bond acceptors (Lipinski definition) is 3. The van der Waals surface area contributed by atoms with Crippen molar-refractivity contribution in [2.75, 3.05) is 13.2 Å². The van der Waals surface area contributed by atoms with E-state index in [0.29, 0.717) is 6.61 Å². The zero-order valence-corrected chi connectivity index (χ0v) is 13.4. The summed E-state index contributed by atoms with van der Waals surface area (Å²) in [5.74, 6) is 0.901. The highest BCUT2D eigenvalue weighted by Gasteiger charge is 2.12. The largest absolute Gasteiger partial charge is 0.492 e. The topological polar surface area (TPSA) is 41.1 Å². The van der Waals surface area contributed by atoms with Crippen LogP contribution in [0.5, 0.6) is 5.75 Å². The molecule has 0 spiro atoms. The second-order valence-electron chi connectivity index (χ2n) is 5.79. The maximum atomic E-state index is 5.87. The van der Waals surface area contributed by atoms with Gasteiger partial charge in [-0.05, 0) is 29.3 Å². The van der Waals surface area contributed by atoms with Crippen molar-refractivity contribution in [1.29, 1.82) is 0 Å². The van der Waals surface area contributed by atoms with Gasteiger partial charge in [-0.25, -0.2) is 4.98 Å². The van der Waals surface area contributed by atoms with Crippen LogP contribution in [0.15, 0.2) is 67.1 Å². The number of benzene rings is 2. The molecule has 1 aliphatic rings. The molecule has 4 rings (SSSR count). The normalized spacial score (nSPS) is 12.9. The van der Waals surface area contributed by atoms with Crippen molar-refractivity contribution in [3.05, 3.63) is 78.5 Å². The van der Waals surface area contributed by atoms with Crippen LogP contribution >= 0.6 is 0 Å². The minimum Gasteiger partial charge on any atom is -0.492 e. The average Bonchev–Trinajstić information content (AvgIpc) is 3.11. The van der Waals surface area contributed by atoms with E-state index >= 15 is 0 Å². The highest BCUT2D eigenvalue weighted by Crippen LogP contribution is 2.22. The molecular formula is C20H19N3O. The number of rotatable bonds is 5. The van der Waals surface area contributed by atoms with E-state index < -0.39 is 0 Å². The fraction of sp³-hybridized carbons (Fsp3) is 0.150.